The van der Waals surface area contributed by atoms with Crippen molar-refractivity contribution in [1.29, 1.82) is 0 Å². The fourth-order valence-corrected chi connectivity index (χ4v) is 1.93. The zero-order valence-corrected chi connectivity index (χ0v) is 11.9. The molecule has 0 saturated heterocycles. The van der Waals surface area contributed by atoms with Crippen LogP contribution in [0, 0.1) is 0 Å². The fraction of sp³-hybridized carbons (Fsp3) is 0.118. The highest BCUT2D eigenvalue weighted by atomic mass is 19.4. The van der Waals surface area contributed by atoms with E-state index in [4.69, 9.17) is 0 Å². The Kier molecular flexibility index (Phi) is 4.82. The Balaban J connectivity index is 2.41. The van der Waals surface area contributed by atoms with Crippen molar-refractivity contribution >= 4 is 11.9 Å². The maximum Gasteiger partial charge on any atom is 0.416 e. The summed E-state index contributed by atoms with van der Waals surface area (Å²) in [5.41, 5.74) is -3.12. The number of benzene rings is 2. The fourth-order valence-electron chi connectivity index (χ4n) is 1.93. The molecule has 2 rings (SSSR count). The van der Waals surface area contributed by atoms with Gasteiger partial charge in [0.2, 0.25) is 0 Å². The van der Waals surface area contributed by atoms with Crippen molar-refractivity contribution in [3.63, 3.8) is 0 Å². The summed E-state index contributed by atoms with van der Waals surface area (Å²) in [5, 5.41) is 0. The van der Waals surface area contributed by atoms with Crippen LogP contribution in [0.25, 0.3) is 6.08 Å². The van der Waals surface area contributed by atoms with E-state index < -0.39 is 34.8 Å². The molecule has 0 aliphatic heterocycles. The highest BCUT2D eigenvalue weighted by Gasteiger charge is 2.37. The van der Waals surface area contributed by atoms with Crippen molar-refractivity contribution in [2.45, 2.75) is 12.4 Å². The quantitative estimate of drug-likeness (QED) is 0.401. The van der Waals surface area contributed by atoms with Crippen LogP contribution in [0.1, 0.15) is 27.0 Å². The Labute approximate surface area is 133 Å². The van der Waals surface area contributed by atoms with Gasteiger partial charge in [0, 0.05) is 5.56 Å². The summed E-state index contributed by atoms with van der Waals surface area (Å²) in [5.74, 6) is -0.949. The number of rotatable bonds is 3. The van der Waals surface area contributed by atoms with Gasteiger partial charge in [0.1, 0.15) is 0 Å². The van der Waals surface area contributed by atoms with Gasteiger partial charge < -0.3 is 0 Å². The first kappa shape index (κ1) is 17.8. The molecular weight excluding hydrogens is 334 g/mol. The van der Waals surface area contributed by atoms with E-state index in [-0.39, 0.29) is 6.07 Å². The van der Waals surface area contributed by atoms with Gasteiger partial charge in [-0.1, -0.05) is 36.4 Å². The van der Waals surface area contributed by atoms with Gasteiger partial charge in [-0.3, -0.25) is 4.79 Å². The van der Waals surface area contributed by atoms with E-state index in [0.717, 1.165) is 6.08 Å². The molecule has 7 heteroatoms. The maximum atomic E-state index is 12.8. The van der Waals surface area contributed by atoms with Crippen molar-refractivity contribution < 1.29 is 31.1 Å². The van der Waals surface area contributed by atoms with Crippen LogP contribution in [0.2, 0.25) is 0 Å². The highest BCUT2D eigenvalue weighted by Crippen LogP contribution is 2.36. The van der Waals surface area contributed by atoms with Gasteiger partial charge in [-0.2, -0.15) is 26.3 Å². The van der Waals surface area contributed by atoms with Crippen LogP contribution in [0.15, 0.2) is 54.6 Å². The van der Waals surface area contributed by atoms with Crippen LogP contribution in [-0.2, 0) is 12.4 Å². The molecule has 0 bridgehead atoms. The Morgan fingerprint density at radius 2 is 1.29 bits per heavy atom. The van der Waals surface area contributed by atoms with Gasteiger partial charge in [-0.15, -0.1) is 0 Å². The van der Waals surface area contributed by atoms with Crippen LogP contribution >= 0.6 is 0 Å². The van der Waals surface area contributed by atoms with Crippen LogP contribution < -0.4 is 0 Å². The molecule has 1 nitrogen and oxygen atoms in total. The number of ketones is 1. The number of carbonyl (C=O) groups is 1. The van der Waals surface area contributed by atoms with Gasteiger partial charge in [0.05, 0.1) is 11.1 Å². The first-order chi connectivity index (χ1) is 11.1. The second-order valence-electron chi connectivity index (χ2n) is 4.90. The van der Waals surface area contributed by atoms with Crippen molar-refractivity contribution in [1.82, 2.24) is 0 Å². The minimum absolute atomic E-state index is 0.0162. The second-order valence-corrected chi connectivity index (χ2v) is 4.90. The van der Waals surface area contributed by atoms with Crippen LogP contribution in [0.5, 0.6) is 0 Å². The van der Waals surface area contributed by atoms with Crippen molar-refractivity contribution in [3.8, 4) is 0 Å². The summed E-state index contributed by atoms with van der Waals surface area (Å²) in [6.07, 6.45) is -7.72. The molecule has 0 saturated carbocycles. The minimum Gasteiger partial charge on any atom is -0.289 e. The third-order valence-corrected chi connectivity index (χ3v) is 3.10. The third kappa shape index (κ3) is 4.47. The molecule has 0 fully saturated rings. The Morgan fingerprint density at radius 1 is 0.792 bits per heavy atom. The topological polar surface area (TPSA) is 17.1 Å². The number of hydrogen-bond donors (Lipinski definition) is 0. The summed E-state index contributed by atoms with van der Waals surface area (Å²) >= 11 is 0. The standard InChI is InChI=1S/C17H10F6O/c18-16(19,20)13-8-12(9-14(10-13)17(21,22)23)15(24)7-6-11-4-2-1-3-5-11/h1-10H/b7-6+. The van der Waals surface area contributed by atoms with Crippen LogP contribution in [0.4, 0.5) is 26.3 Å². The van der Waals surface area contributed by atoms with Gasteiger partial charge in [0.25, 0.3) is 0 Å². The summed E-state index contributed by atoms with van der Waals surface area (Å²) in [6, 6.07) is 9.15. The molecule has 0 N–H and O–H groups in total. The van der Waals surface area contributed by atoms with E-state index in [2.05, 4.69) is 0 Å². The first-order valence-electron chi connectivity index (χ1n) is 6.64. The molecule has 126 valence electrons. The third-order valence-electron chi connectivity index (χ3n) is 3.10. The zero-order valence-electron chi connectivity index (χ0n) is 11.9. The van der Waals surface area contributed by atoms with Gasteiger partial charge in [-0.25, -0.2) is 0 Å². The molecule has 0 spiro atoms. The normalized spacial score (nSPS) is 12.6. The molecule has 0 amide bonds. The van der Waals surface area contributed by atoms with Crippen LogP contribution in [0.3, 0.4) is 0 Å². The minimum atomic E-state index is -4.99. The first-order valence-corrected chi connectivity index (χ1v) is 6.64. The summed E-state index contributed by atoms with van der Waals surface area (Å²) in [6.45, 7) is 0. The predicted molar refractivity (Wildman–Crippen MR) is 76.3 cm³/mol. The number of carbonyl (C=O) groups excluding carboxylic acids is 1. The number of halogens is 6. The largest absolute Gasteiger partial charge is 0.416 e. The lowest BCUT2D eigenvalue weighted by molar-refractivity contribution is -0.143. The highest BCUT2D eigenvalue weighted by molar-refractivity contribution is 6.07. The molecule has 0 aromatic heterocycles. The van der Waals surface area contributed by atoms with E-state index in [1.807, 2.05) is 0 Å². The van der Waals surface area contributed by atoms with E-state index in [1.165, 1.54) is 6.08 Å². The summed E-state index contributed by atoms with van der Waals surface area (Å²) in [4.78, 5) is 12.0. The van der Waals surface area contributed by atoms with Gasteiger partial charge >= 0.3 is 12.4 Å². The van der Waals surface area contributed by atoms with E-state index in [9.17, 15) is 31.1 Å². The predicted octanol–water partition coefficient (Wildman–Crippen LogP) is 5.62. The Hall–Kier alpha value is -2.57. The lowest BCUT2D eigenvalue weighted by atomic mass is 10.0. The number of allylic oxidation sites excluding steroid dienone is 1. The molecule has 0 aliphatic rings. The molecule has 2 aromatic carbocycles. The summed E-state index contributed by atoms with van der Waals surface area (Å²) in [7, 11) is 0. The average Bonchev–Trinajstić information content (AvgIpc) is 2.51. The van der Waals surface area contributed by atoms with Crippen molar-refractivity contribution in [2.75, 3.05) is 0 Å². The van der Waals surface area contributed by atoms with Crippen LogP contribution in [-0.4, -0.2) is 5.78 Å². The Morgan fingerprint density at radius 3 is 1.75 bits per heavy atom. The summed E-state index contributed by atoms with van der Waals surface area (Å²) < 4.78 is 76.5. The van der Waals surface area contributed by atoms with E-state index in [0.29, 0.717) is 17.7 Å². The molecular formula is C17H10F6O. The van der Waals surface area contributed by atoms with E-state index in [1.54, 1.807) is 30.3 Å². The SMILES string of the molecule is O=C(/C=C/c1ccccc1)c1cc(C(F)(F)F)cc(C(F)(F)F)c1. The molecule has 0 aliphatic carbocycles. The second kappa shape index (κ2) is 6.51. The van der Waals surface area contributed by atoms with Gasteiger partial charge in [-0.05, 0) is 29.8 Å². The van der Waals surface area contributed by atoms with Gasteiger partial charge in [0.15, 0.2) is 5.78 Å². The lowest BCUT2D eigenvalue weighted by Gasteiger charge is -2.13. The molecule has 0 atom stereocenters. The molecule has 0 unspecified atom stereocenters. The zero-order chi connectivity index (χ0) is 18.0. The smallest absolute Gasteiger partial charge is 0.289 e. The molecule has 2 aromatic rings. The monoisotopic (exact) mass is 344 g/mol. The number of hydrogen-bond acceptors (Lipinski definition) is 1. The lowest BCUT2D eigenvalue weighted by Crippen LogP contribution is -2.13. The molecule has 0 heterocycles. The van der Waals surface area contributed by atoms with Crippen molar-refractivity contribution in [3.05, 3.63) is 76.9 Å². The maximum absolute atomic E-state index is 12.8. The van der Waals surface area contributed by atoms with E-state index >= 15 is 0 Å². The molecule has 0 radical (unpaired) electrons. The average molecular weight is 344 g/mol. The Bertz CT molecular complexity index is 725. The number of alkyl halides is 6. The van der Waals surface area contributed by atoms with Crippen molar-refractivity contribution in [2.24, 2.45) is 0 Å². The molecule has 24 heavy (non-hydrogen) atoms.